The highest BCUT2D eigenvalue weighted by molar-refractivity contribution is 7.52. The third-order valence-electron chi connectivity index (χ3n) is 2.88. The SMILES string of the molecule is COc1ccc(C(CCN(O)C(C)=O)P(=O)(O)O)cc1. The number of hydrogen-bond donors (Lipinski definition) is 3. The maximum absolute atomic E-state index is 11.5. The van der Waals surface area contributed by atoms with Crippen molar-refractivity contribution >= 4 is 13.5 Å². The van der Waals surface area contributed by atoms with Crippen molar-refractivity contribution in [1.29, 1.82) is 0 Å². The number of rotatable bonds is 6. The monoisotopic (exact) mass is 303 g/mol. The minimum absolute atomic E-state index is 0.0489. The summed E-state index contributed by atoms with van der Waals surface area (Å²) in [6.45, 7) is 1.01. The molecule has 1 aromatic carbocycles. The first-order valence-corrected chi connectivity index (χ1v) is 7.60. The predicted molar refractivity (Wildman–Crippen MR) is 71.6 cm³/mol. The average molecular weight is 303 g/mol. The molecule has 1 aromatic rings. The number of nitrogens with zero attached hydrogens (tertiary/aromatic N) is 1. The molecule has 0 saturated carbocycles. The Balaban J connectivity index is 2.89. The lowest BCUT2D eigenvalue weighted by molar-refractivity contribution is -0.162. The maximum Gasteiger partial charge on any atom is 0.333 e. The molecule has 0 heterocycles. The largest absolute Gasteiger partial charge is 0.497 e. The maximum atomic E-state index is 11.5. The standard InChI is InChI=1S/C12H18NO6P/c1-9(14)13(15)8-7-12(20(16,17)18)10-3-5-11(19-2)6-4-10/h3-6,12,15H,7-8H2,1-2H3,(H2,16,17,18). The van der Waals surface area contributed by atoms with E-state index in [0.29, 0.717) is 16.4 Å². The van der Waals surface area contributed by atoms with Gasteiger partial charge < -0.3 is 14.5 Å². The van der Waals surface area contributed by atoms with Gasteiger partial charge in [0.1, 0.15) is 5.75 Å². The van der Waals surface area contributed by atoms with E-state index in [2.05, 4.69) is 0 Å². The van der Waals surface area contributed by atoms with Crippen LogP contribution >= 0.6 is 7.60 Å². The first-order chi connectivity index (χ1) is 9.25. The van der Waals surface area contributed by atoms with Crippen molar-refractivity contribution in [2.75, 3.05) is 13.7 Å². The van der Waals surface area contributed by atoms with Crippen LogP contribution in [0, 0.1) is 0 Å². The van der Waals surface area contributed by atoms with Gasteiger partial charge in [0.2, 0.25) is 5.91 Å². The van der Waals surface area contributed by atoms with Crippen molar-refractivity contribution in [2.24, 2.45) is 0 Å². The van der Waals surface area contributed by atoms with Crippen molar-refractivity contribution in [1.82, 2.24) is 5.06 Å². The summed E-state index contributed by atoms with van der Waals surface area (Å²) in [4.78, 5) is 29.7. The lowest BCUT2D eigenvalue weighted by atomic mass is 10.1. The van der Waals surface area contributed by atoms with E-state index >= 15 is 0 Å². The van der Waals surface area contributed by atoms with Gasteiger partial charge in [0, 0.05) is 13.5 Å². The van der Waals surface area contributed by atoms with Gasteiger partial charge in [0.05, 0.1) is 12.8 Å². The molecule has 20 heavy (non-hydrogen) atoms. The van der Waals surface area contributed by atoms with E-state index in [1.54, 1.807) is 24.3 Å². The fraction of sp³-hybridized carbons (Fsp3) is 0.417. The zero-order valence-corrected chi connectivity index (χ0v) is 12.2. The van der Waals surface area contributed by atoms with Gasteiger partial charge in [-0.05, 0) is 24.1 Å². The van der Waals surface area contributed by atoms with Gasteiger partial charge >= 0.3 is 7.60 Å². The molecule has 0 bridgehead atoms. The van der Waals surface area contributed by atoms with E-state index < -0.39 is 19.2 Å². The first-order valence-electron chi connectivity index (χ1n) is 5.92. The molecular weight excluding hydrogens is 285 g/mol. The molecule has 1 rings (SSSR count). The number of hydroxylamine groups is 2. The molecule has 0 aliphatic carbocycles. The van der Waals surface area contributed by atoms with E-state index in [1.165, 1.54) is 14.0 Å². The topological polar surface area (TPSA) is 107 Å². The van der Waals surface area contributed by atoms with Crippen LogP contribution in [0.25, 0.3) is 0 Å². The van der Waals surface area contributed by atoms with E-state index in [9.17, 15) is 24.4 Å². The van der Waals surface area contributed by atoms with E-state index in [4.69, 9.17) is 4.74 Å². The summed E-state index contributed by atoms with van der Waals surface area (Å²) in [5.41, 5.74) is -0.654. The molecule has 0 aliphatic heterocycles. The minimum Gasteiger partial charge on any atom is -0.497 e. The van der Waals surface area contributed by atoms with Crippen molar-refractivity contribution in [3.8, 4) is 5.75 Å². The Hall–Kier alpha value is -1.40. The van der Waals surface area contributed by atoms with E-state index in [0.717, 1.165) is 0 Å². The van der Waals surface area contributed by atoms with E-state index in [-0.39, 0.29) is 13.0 Å². The number of benzene rings is 1. The van der Waals surface area contributed by atoms with Crippen LogP contribution in [0.5, 0.6) is 5.75 Å². The van der Waals surface area contributed by atoms with E-state index in [1.807, 2.05) is 0 Å². The normalized spacial score (nSPS) is 12.8. The third-order valence-corrected chi connectivity index (χ3v) is 4.25. The molecule has 1 amide bonds. The summed E-state index contributed by atoms with van der Waals surface area (Å²) in [6.07, 6.45) is -0.0489. The summed E-state index contributed by atoms with van der Waals surface area (Å²) in [5.74, 6) is -0.00470. The number of carbonyl (C=O) groups is 1. The highest BCUT2D eigenvalue weighted by Gasteiger charge is 2.30. The Morgan fingerprint density at radius 1 is 1.35 bits per heavy atom. The van der Waals surface area contributed by atoms with Gasteiger partial charge in [-0.2, -0.15) is 0 Å². The second-order valence-corrected chi connectivity index (χ2v) is 6.11. The lowest BCUT2D eigenvalue weighted by Crippen LogP contribution is -2.26. The summed E-state index contributed by atoms with van der Waals surface area (Å²) in [7, 11) is -2.91. The Morgan fingerprint density at radius 3 is 2.30 bits per heavy atom. The van der Waals surface area contributed by atoms with Crippen molar-refractivity contribution in [3.63, 3.8) is 0 Å². The number of methoxy groups -OCH3 is 1. The smallest absolute Gasteiger partial charge is 0.333 e. The van der Waals surface area contributed by atoms with Crippen LogP contribution < -0.4 is 4.74 Å². The molecule has 0 radical (unpaired) electrons. The highest BCUT2D eigenvalue weighted by Crippen LogP contribution is 2.53. The number of hydrogen-bond acceptors (Lipinski definition) is 4. The fourth-order valence-electron chi connectivity index (χ4n) is 1.76. The van der Waals surface area contributed by atoms with Crippen LogP contribution in [0.3, 0.4) is 0 Å². The fourth-order valence-corrected chi connectivity index (χ4v) is 2.77. The molecule has 1 unspecified atom stereocenters. The number of ether oxygens (including phenoxy) is 1. The molecular formula is C12H18NO6P. The number of carbonyl (C=O) groups excluding carboxylic acids is 1. The molecule has 1 atom stereocenters. The molecule has 0 aromatic heterocycles. The molecule has 0 saturated heterocycles. The highest BCUT2D eigenvalue weighted by atomic mass is 31.2. The van der Waals surface area contributed by atoms with Gasteiger partial charge in [-0.3, -0.25) is 14.6 Å². The second kappa shape index (κ2) is 6.85. The van der Waals surface area contributed by atoms with Crippen LogP contribution in [0.4, 0.5) is 0 Å². The number of amides is 1. The Kier molecular flexibility index (Phi) is 5.71. The Morgan fingerprint density at radius 2 is 1.90 bits per heavy atom. The summed E-state index contributed by atoms with van der Waals surface area (Å²) in [5, 5.41) is 9.72. The second-order valence-electron chi connectivity index (χ2n) is 4.31. The molecule has 0 aliphatic rings. The van der Waals surface area contributed by atoms with Crippen LogP contribution in [0.15, 0.2) is 24.3 Å². The van der Waals surface area contributed by atoms with Gasteiger partial charge in [0.15, 0.2) is 0 Å². The lowest BCUT2D eigenvalue weighted by Gasteiger charge is -2.21. The molecule has 112 valence electrons. The molecule has 0 spiro atoms. The summed E-state index contributed by atoms with van der Waals surface area (Å²) in [6, 6.07) is 6.30. The van der Waals surface area contributed by atoms with Crippen LogP contribution in [0.2, 0.25) is 0 Å². The van der Waals surface area contributed by atoms with Crippen molar-refractivity contribution in [3.05, 3.63) is 29.8 Å². The van der Waals surface area contributed by atoms with Gasteiger partial charge in [0.25, 0.3) is 0 Å². The zero-order valence-electron chi connectivity index (χ0n) is 11.3. The summed E-state index contributed by atoms with van der Waals surface area (Å²) < 4.78 is 16.5. The van der Waals surface area contributed by atoms with Gasteiger partial charge in [-0.1, -0.05) is 12.1 Å². The quantitative estimate of drug-likeness (QED) is 0.418. The van der Waals surface area contributed by atoms with Gasteiger partial charge in [-0.25, -0.2) is 5.06 Å². The van der Waals surface area contributed by atoms with Crippen LogP contribution in [-0.2, 0) is 9.36 Å². The molecule has 8 heteroatoms. The third kappa shape index (κ3) is 4.61. The molecule has 7 nitrogen and oxygen atoms in total. The predicted octanol–water partition coefficient (Wildman–Crippen LogP) is 1.54. The minimum atomic E-state index is -4.40. The average Bonchev–Trinajstić information content (AvgIpc) is 2.37. The Bertz CT molecular complexity index is 497. The molecule has 3 N–H and O–H groups in total. The van der Waals surface area contributed by atoms with Crippen molar-refractivity contribution in [2.45, 2.75) is 19.0 Å². The van der Waals surface area contributed by atoms with Crippen LogP contribution in [-0.4, -0.2) is 39.6 Å². The summed E-state index contributed by atoms with van der Waals surface area (Å²) >= 11 is 0. The van der Waals surface area contributed by atoms with Gasteiger partial charge in [-0.15, -0.1) is 0 Å². The zero-order chi connectivity index (χ0) is 15.3. The molecule has 0 fully saturated rings. The van der Waals surface area contributed by atoms with Crippen LogP contribution in [0.1, 0.15) is 24.6 Å². The first kappa shape index (κ1) is 16.7. The Labute approximate surface area is 116 Å². The van der Waals surface area contributed by atoms with Crippen molar-refractivity contribution < 1.29 is 29.1 Å².